The zero-order chi connectivity index (χ0) is 5.82. The fraction of sp³-hybridized carbons (Fsp3) is 0.750. The molecule has 0 aromatic heterocycles. The number of hydrogen-bond donors (Lipinski definition) is 0. The molecule has 0 aromatic carbocycles. The van der Waals surface area contributed by atoms with Crippen LogP contribution in [0.2, 0.25) is 0 Å². The summed E-state index contributed by atoms with van der Waals surface area (Å²) in [7, 11) is 0. The summed E-state index contributed by atoms with van der Waals surface area (Å²) < 4.78 is 0. The van der Waals surface area contributed by atoms with E-state index in [9.17, 15) is 0 Å². The molecular formula is C8H16Po. The van der Waals surface area contributed by atoms with Crippen molar-refractivity contribution < 1.29 is 0 Å². The molecule has 0 heterocycles. The molecule has 54 valence electrons. The van der Waals surface area contributed by atoms with E-state index >= 15 is 0 Å². The van der Waals surface area contributed by atoms with Gasteiger partial charge in [0.25, 0.3) is 0 Å². The Morgan fingerprint density at radius 2 is 1.67 bits per heavy atom. The Morgan fingerprint density at radius 1 is 1.11 bits per heavy atom. The van der Waals surface area contributed by atoms with Gasteiger partial charge in [0.05, 0.1) is 0 Å². The number of hydrogen-bond acceptors (Lipinski definition) is 0. The molecule has 1 rings (SSSR count). The molecule has 1 fully saturated rings. The van der Waals surface area contributed by atoms with Crippen molar-refractivity contribution in [2.75, 3.05) is 0 Å². The number of rotatable bonds is 1. The van der Waals surface area contributed by atoms with Gasteiger partial charge in [0.1, 0.15) is 0 Å². The molecular weight excluding hydrogens is 305 g/mol. The van der Waals surface area contributed by atoms with Gasteiger partial charge in [-0.05, 0) is 18.8 Å². The van der Waals surface area contributed by atoms with Gasteiger partial charge in [0.15, 0.2) is 0 Å². The summed E-state index contributed by atoms with van der Waals surface area (Å²) in [6, 6.07) is 0. The third kappa shape index (κ3) is 3.36. The predicted molar refractivity (Wildman–Crippen MR) is 45.3 cm³/mol. The summed E-state index contributed by atoms with van der Waals surface area (Å²) in [5.41, 5.74) is 0. The van der Waals surface area contributed by atoms with Crippen LogP contribution in [0.25, 0.3) is 0 Å². The van der Waals surface area contributed by atoms with E-state index in [1.54, 1.807) is 0 Å². The first-order valence-corrected chi connectivity index (χ1v) is 3.56. The molecule has 0 radical (unpaired) electrons. The fourth-order valence-corrected chi connectivity index (χ4v) is 1.37. The summed E-state index contributed by atoms with van der Waals surface area (Å²) in [6.07, 6.45) is 9.20. The van der Waals surface area contributed by atoms with Crippen LogP contribution in [0.3, 0.4) is 0 Å². The second-order valence-corrected chi connectivity index (χ2v) is 2.63. The van der Waals surface area contributed by atoms with Gasteiger partial charge in [-0.1, -0.05) is 25.3 Å². The zero-order valence-electron chi connectivity index (χ0n) is 5.90. The van der Waals surface area contributed by atoms with Crippen LogP contribution >= 0.6 is 0 Å². The van der Waals surface area contributed by atoms with E-state index in [4.69, 9.17) is 0 Å². The molecule has 0 unspecified atom stereocenters. The molecule has 1 saturated carbocycles. The van der Waals surface area contributed by atoms with E-state index < -0.39 is 0 Å². The van der Waals surface area contributed by atoms with E-state index in [0.717, 1.165) is 5.92 Å². The predicted octanol–water partition coefficient (Wildman–Crippen LogP) is 1.84. The van der Waals surface area contributed by atoms with Crippen LogP contribution in [-0.4, -0.2) is 26.6 Å². The Morgan fingerprint density at radius 3 is 2.00 bits per heavy atom. The van der Waals surface area contributed by atoms with Crippen LogP contribution in [0.15, 0.2) is 12.7 Å². The zero-order valence-corrected chi connectivity index (χ0v) is 9.78. The molecule has 0 aromatic rings. The van der Waals surface area contributed by atoms with Crippen LogP contribution in [0, 0.1) is 5.92 Å². The van der Waals surface area contributed by atoms with Crippen LogP contribution < -0.4 is 0 Å². The van der Waals surface area contributed by atoms with E-state index in [1.165, 1.54) is 32.1 Å². The second kappa shape index (κ2) is 5.42. The third-order valence-electron chi connectivity index (χ3n) is 1.98. The van der Waals surface area contributed by atoms with E-state index in [1.807, 2.05) is 0 Å². The summed E-state index contributed by atoms with van der Waals surface area (Å²) >= 11 is 0. The molecule has 0 atom stereocenters. The van der Waals surface area contributed by atoms with Gasteiger partial charge in [-0.3, -0.25) is 0 Å². The van der Waals surface area contributed by atoms with Crippen molar-refractivity contribution in [1.82, 2.24) is 0 Å². The maximum atomic E-state index is 3.78. The Hall–Kier alpha value is 0.636. The van der Waals surface area contributed by atoms with Gasteiger partial charge in [-0.2, -0.15) is 0 Å². The van der Waals surface area contributed by atoms with Gasteiger partial charge < -0.3 is 0 Å². The third-order valence-corrected chi connectivity index (χ3v) is 1.98. The van der Waals surface area contributed by atoms with Crippen molar-refractivity contribution in [3.8, 4) is 0 Å². The first-order chi connectivity index (χ1) is 3.93. The molecule has 0 spiro atoms. The minimum absolute atomic E-state index is 0. The molecule has 0 saturated heterocycles. The monoisotopic (exact) mass is 321 g/mol. The summed E-state index contributed by atoms with van der Waals surface area (Å²) in [4.78, 5) is 0. The van der Waals surface area contributed by atoms with Crippen LogP contribution in [0.5, 0.6) is 0 Å². The van der Waals surface area contributed by atoms with Gasteiger partial charge in [-0.15, -0.1) is 6.58 Å². The van der Waals surface area contributed by atoms with Gasteiger partial charge in [0, 0.05) is 0 Å². The molecule has 0 amide bonds. The second-order valence-electron chi connectivity index (χ2n) is 2.63. The van der Waals surface area contributed by atoms with Crippen molar-refractivity contribution in [2.24, 2.45) is 5.92 Å². The summed E-state index contributed by atoms with van der Waals surface area (Å²) in [5.74, 6) is 0.851. The Bertz CT molecular complexity index is 72.6. The van der Waals surface area contributed by atoms with Gasteiger partial charge in [0.2, 0.25) is 0 Å². The van der Waals surface area contributed by atoms with Crippen molar-refractivity contribution >= 4 is 26.6 Å². The van der Waals surface area contributed by atoms with Gasteiger partial charge >= 0.3 is 26.6 Å². The normalized spacial score (nSPS) is 20.4. The van der Waals surface area contributed by atoms with E-state index in [2.05, 4.69) is 12.7 Å². The molecule has 0 N–H and O–H groups in total. The average Bonchev–Trinajstić information content (AvgIpc) is 1.90. The van der Waals surface area contributed by atoms with Crippen molar-refractivity contribution in [3.63, 3.8) is 0 Å². The Kier molecular flexibility index (Phi) is 5.81. The summed E-state index contributed by atoms with van der Waals surface area (Å²) in [5, 5.41) is 0. The standard InChI is InChI=1S/C8H14.Po.2H/c1-2-8-6-4-3-5-7-8;;;/h2,8H,1,3-7H2;;;. The molecule has 0 bridgehead atoms. The fourth-order valence-electron chi connectivity index (χ4n) is 1.37. The first-order valence-electron chi connectivity index (χ1n) is 3.56. The summed E-state index contributed by atoms with van der Waals surface area (Å²) in [6.45, 7) is 3.78. The maximum absolute atomic E-state index is 3.78. The molecule has 1 aliphatic rings. The average molecular weight is 321 g/mol. The molecule has 0 aliphatic heterocycles. The van der Waals surface area contributed by atoms with Crippen LogP contribution in [0.1, 0.15) is 32.1 Å². The first kappa shape index (κ1) is 9.64. The molecule has 1 heteroatoms. The Balaban J connectivity index is 0.000000640. The van der Waals surface area contributed by atoms with Crippen molar-refractivity contribution in [2.45, 2.75) is 32.1 Å². The molecule has 1 aliphatic carbocycles. The van der Waals surface area contributed by atoms with Crippen molar-refractivity contribution in [3.05, 3.63) is 12.7 Å². The van der Waals surface area contributed by atoms with Crippen molar-refractivity contribution in [1.29, 1.82) is 0 Å². The minimum atomic E-state index is 0. The SMILES string of the molecule is C=CC1CCCCC1.[PoH2]. The van der Waals surface area contributed by atoms with E-state index in [0.29, 0.717) is 0 Å². The Labute approximate surface area is 77.2 Å². The van der Waals surface area contributed by atoms with Crippen LogP contribution in [-0.2, 0) is 0 Å². The molecule has 9 heavy (non-hydrogen) atoms. The van der Waals surface area contributed by atoms with Gasteiger partial charge in [-0.25, -0.2) is 0 Å². The van der Waals surface area contributed by atoms with Crippen LogP contribution in [0.4, 0.5) is 0 Å². The quantitative estimate of drug-likeness (QED) is 0.647. The molecule has 0 nitrogen and oxygen atoms in total. The van der Waals surface area contributed by atoms with E-state index in [-0.39, 0.29) is 26.6 Å². The topological polar surface area (TPSA) is 0 Å². The number of allylic oxidation sites excluding steroid dienone is 1.